The fraction of sp³-hybridized carbons (Fsp3) is 0.429. The van der Waals surface area contributed by atoms with E-state index in [0.29, 0.717) is 19.6 Å². The third-order valence-corrected chi connectivity index (χ3v) is 4.59. The molecule has 0 aliphatic rings. The zero-order valence-electron chi connectivity index (χ0n) is 17.0. The third-order valence-electron chi connectivity index (χ3n) is 4.59. The number of ether oxygens (including phenoxy) is 2. The van der Waals surface area contributed by atoms with E-state index in [2.05, 4.69) is 18.7 Å². The Bertz CT molecular complexity index is 808. The molecule has 7 nitrogen and oxygen atoms in total. The van der Waals surface area contributed by atoms with Crippen molar-refractivity contribution < 1.29 is 14.4 Å². The van der Waals surface area contributed by atoms with Crippen LogP contribution < -0.4 is 15.2 Å². The molecule has 152 valence electrons. The molecule has 0 aliphatic heterocycles. The van der Waals surface area contributed by atoms with E-state index < -0.39 is 4.92 Å². The molecule has 2 rings (SSSR count). The Morgan fingerprint density at radius 2 is 1.75 bits per heavy atom. The SMILES string of the molecule is COc1cccc(CN(Cc2ccc(OC)c([N+](=O)[O-])c2)CC(C)(C)CN)c1. The molecule has 0 saturated carbocycles. The third kappa shape index (κ3) is 5.94. The highest BCUT2D eigenvalue weighted by molar-refractivity contribution is 5.48. The smallest absolute Gasteiger partial charge is 0.311 e. The fourth-order valence-electron chi connectivity index (χ4n) is 3.10. The Morgan fingerprint density at radius 3 is 2.32 bits per heavy atom. The van der Waals surface area contributed by atoms with Crippen LogP contribution in [0.3, 0.4) is 0 Å². The van der Waals surface area contributed by atoms with Crippen molar-refractivity contribution in [2.45, 2.75) is 26.9 Å². The summed E-state index contributed by atoms with van der Waals surface area (Å²) in [5.74, 6) is 1.06. The van der Waals surface area contributed by atoms with Gasteiger partial charge in [-0.1, -0.05) is 32.0 Å². The first-order valence-electron chi connectivity index (χ1n) is 9.14. The monoisotopic (exact) mass is 387 g/mol. The molecule has 0 fully saturated rings. The molecule has 0 saturated heterocycles. The van der Waals surface area contributed by atoms with Crippen LogP contribution in [0, 0.1) is 15.5 Å². The molecule has 0 aliphatic carbocycles. The lowest BCUT2D eigenvalue weighted by atomic mass is 9.92. The van der Waals surface area contributed by atoms with Gasteiger partial charge < -0.3 is 15.2 Å². The number of hydrogen-bond acceptors (Lipinski definition) is 6. The van der Waals surface area contributed by atoms with Crippen LogP contribution in [0.4, 0.5) is 5.69 Å². The normalized spacial score (nSPS) is 11.5. The summed E-state index contributed by atoms with van der Waals surface area (Å²) in [6.07, 6.45) is 0. The number of nitro groups is 1. The van der Waals surface area contributed by atoms with E-state index in [0.717, 1.165) is 23.4 Å². The van der Waals surface area contributed by atoms with Gasteiger partial charge in [-0.25, -0.2) is 0 Å². The van der Waals surface area contributed by atoms with Gasteiger partial charge in [0.25, 0.3) is 0 Å². The minimum atomic E-state index is -0.418. The Labute approximate surface area is 166 Å². The average molecular weight is 387 g/mol. The van der Waals surface area contributed by atoms with E-state index in [1.807, 2.05) is 30.3 Å². The standard InChI is InChI=1S/C21H29N3O4/c1-21(2,14-22)15-23(12-16-6-5-7-18(10-16)27-3)13-17-8-9-20(28-4)19(11-17)24(25)26/h5-11H,12-15,22H2,1-4H3. The number of benzene rings is 2. The highest BCUT2D eigenvalue weighted by Crippen LogP contribution is 2.29. The second-order valence-corrected chi connectivity index (χ2v) is 7.63. The van der Waals surface area contributed by atoms with Crippen LogP contribution in [0.15, 0.2) is 42.5 Å². The van der Waals surface area contributed by atoms with Gasteiger partial charge in [0.15, 0.2) is 5.75 Å². The molecular formula is C21H29N3O4. The van der Waals surface area contributed by atoms with E-state index >= 15 is 0 Å². The molecule has 0 atom stereocenters. The number of nitrogens with two attached hydrogens (primary N) is 1. The maximum atomic E-state index is 11.3. The van der Waals surface area contributed by atoms with Gasteiger partial charge in [0.05, 0.1) is 19.1 Å². The van der Waals surface area contributed by atoms with Crippen molar-refractivity contribution in [1.82, 2.24) is 4.90 Å². The molecule has 0 heterocycles. The maximum absolute atomic E-state index is 11.3. The first-order valence-corrected chi connectivity index (χ1v) is 9.14. The summed E-state index contributed by atoms with van der Waals surface area (Å²) in [6, 6.07) is 13.0. The number of hydrogen-bond donors (Lipinski definition) is 1. The predicted octanol–water partition coefficient (Wildman–Crippen LogP) is 3.60. The molecule has 0 unspecified atom stereocenters. The number of nitrogens with zero attached hydrogens (tertiary/aromatic N) is 2. The van der Waals surface area contributed by atoms with Crippen LogP contribution >= 0.6 is 0 Å². The lowest BCUT2D eigenvalue weighted by Gasteiger charge is -2.32. The van der Waals surface area contributed by atoms with Crippen molar-refractivity contribution in [3.8, 4) is 11.5 Å². The minimum absolute atomic E-state index is 0.0283. The topological polar surface area (TPSA) is 90.9 Å². The predicted molar refractivity (Wildman–Crippen MR) is 110 cm³/mol. The van der Waals surface area contributed by atoms with E-state index in [1.54, 1.807) is 19.2 Å². The van der Waals surface area contributed by atoms with E-state index in [9.17, 15) is 10.1 Å². The number of methoxy groups -OCH3 is 2. The summed E-state index contributed by atoms with van der Waals surface area (Å²) >= 11 is 0. The van der Waals surface area contributed by atoms with E-state index in [4.69, 9.17) is 15.2 Å². The van der Waals surface area contributed by atoms with Crippen molar-refractivity contribution in [2.24, 2.45) is 11.1 Å². The van der Waals surface area contributed by atoms with Crippen LogP contribution in [0.5, 0.6) is 11.5 Å². The molecule has 7 heteroatoms. The van der Waals surface area contributed by atoms with Crippen molar-refractivity contribution in [3.63, 3.8) is 0 Å². The van der Waals surface area contributed by atoms with Gasteiger partial charge in [-0.3, -0.25) is 15.0 Å². The molecule has 0 aromatic heterocycles. The molecule has 0 bridgehead atoms. The Kier molecular flexibility index (Phi) is 7.37. The van der Waals surface area contributed by atoms with Gasteiger partial charge in [-0.2, -0.15) is 0 Å². The molecule has 2 N–H and O–H groups in total. The highest BCUT2D eigenvalue weighted by Gasteiger charge is 2.22. The van der Waals surface area contributed by atoms with Crippen molar-refractivity contribution in [2.75, 3.05) is 27.3 Å². The van der Waals surface area contributed by atoms with Crippen LogP contribution in [-0.2, 0) is 13.1 Å². The van der Waals surface area contributed by atoms with Crippen molar-refractivity contribution in [1.29, 1.82) is 0 Å². The van der Waals surface area contributed by atoms with Gasteiger partial charge in [-0.05, 0) is 41.3 Å². The maximum Gasteiger partial charge on any atom is 0.311 e. The summed E-state index contributed by atoms with van der Waals surface area (Å²) in [6.45, 7) is 6.76. The Morgan fingerprint density at radius 1 is 1.07 bits per heavy atom. The average Bonchev–Trinajstić information content (AvgIpc) is 2.67. The van der Waals surface area contributed by atoms with Crippen LogP contribution in [0.1, 0.15) is 25.0 Å². The second kappa shape index (κ2) is 9.52. The molecule has 28 heavy (non-hydrogen) atoms. The van der Waals surface area contributed by atoms with Gasteiger partial charge in [0.1, 0.15) is 5.75 Å². The lowest BCUT2D eigenvalue weighted by molar-refractivity contribution is -0.385. The molecule has 0 radical (unpaired) electrons. The second-order valence-electron chi connectivity index (χ2n) is 7.63. The number of rotatable bonds is 10. The lowest BCUT2D eigenvalue weighted by Crippen LogP contribution is -2.38. The molecule has 0 spiro atoms. The van der Waals surface area contributed by atoms with E-state index in [-0.39, 0.29) is 16.9 Å². The molecule has 2 aromatic rings. The van der Waals surface area contributed by atoms with E-state index in [1.165, 1.54) is 7.11 Å². The van der Waals surface area contributed by atoms with Crippen LogP contribution in [0.2, 0.25) is 0 Å². The largest absolute Gasteiger partial charge is 0.497 e. The van der Waals surface area contributed by atoms with Gasteiger partial charge in [-0.15, -0.1) is 0 Å². The van der Waals surface area contributed by atoms with Crippen LogP contribution in [-0.4, -0.2) is 37.1 Å². The molecular weight excluding hydrogens is 358 g/mol. The fourth-order valence-corrected chi connectivity index (χ4v) is 3.10. The summed E-state index contributed by atoms with van der Waals surface area (Å²) < 4.78 is 10.4. The quantitative estimate of drug-likeness (QED) is 0.495. The molecule has 0 amide bonds. The summed E-state index contributed by atoms with van der Waals surface area (Å²) in [5.41, 5.74) is 7.78. The van der Waals surface area contributed by atoms with Crippen molar-refractivity contribution in [3.05, 3.63) is 63.7 Å². The summed E-state index contributed by atoms with van der Waals surface area (Å²) in [4.78, 5) is 13.2. The van der Waals surface area contributed by atoms with Gasteiger partial charge in [0, 0.05) is 25.7 Å². The molecule has 2 aromatic carbocycles. The highest BCUT2D eigenvalue weighted by atomic mass is 16.6. The van der Waals surface area contributed by atoms with Gasteiger partial charge >= 0.3 is 5.69 Å². The Hall–Kier alpha value is -2.64. The first-order chi connectivity index (χ1) is 13.3. The summed E-state index contributed by atoms with van der Waals surface area (Å²) in [7, 11) is 3.08. The summed E-state index contributed by atoms with van der Waals surface area (Å²) in [5, 5.41) is 11.3. The minimum Gasteiger partial charge on any atom is -0.497 e. The Balaban J connectivity index is 2.28. The first kappa shape index (κ1) is 21.7. The number of nitro benzene ring substituents is 1. The van der Waals surface area contributed by atoms with Crippen LogP contribution in [0.25, 0.3) is 0 Å². The van der Waals surface area contributed by atoms with Gasteiger partial charge in [0.2, 0.25) is 0 Å². The zero-order valence-corrected chi connectivity index (χ0v) is 17.0. The van der Waals surface area contributed by atoms with Crippen molar-refractivity contribution >= 4 is 5.69 Å². The zero-order chi connectivity index (χ0) is 20.7.